The van der Waals surface area contributed by atoms with Crippen molar-refractivity contribution in [1.29, 1.82) is 0 Å². The SMILES string of the molecule is CCc1ccccc1OCc1cnc(C)s1. The van der Waals surface area contributed by atoms with Crippen LogP contribution in [-0.4, -0.2) is 4.98 Å². The second-order valence-corrected chi connectivity index (χ2v) is 4.91. The molecule has 0 saturated heterocycles. The van der Waals surface area contributed by atoms with Crippen LogP contribution in [0.5, 0.6) is 5.75 Å². The molecule has 0 aliphatic heterocycles. The molecule has 2 nitrogen and oxygen atoms in total. The van der Waals surface area contributed by atoms with Gasteiger partial charge in [-0.3, -0.25) is 0 Å². The highest BCUT2D eigenvalue weighted by Gasteiger charge is 2.02. The summed E-state index contributed by atoms with van der Waals surface area (Å²) in [5.41, 5.74) is 1.25. The first-order chi connectivity index (χ1) is 7.79. The van der Waals surface area contributed by atoms with Gasteiger partial charge in [-0.25, -0.2) is 4.98 Å². The van der Waals surface area contributed by atoms with Gasteiger partial charge in [0.15, 0.2) is 0 Å². The molecule has 0 spiro atoms. The van der Waals surface area contributed by atoms with E-state index < -0.39 is 0 Å². The third-order valence-electron chi connectivity index (χ3n) is 2.39. The number of para-hydroxylation sites is 1. The van der Waals surface area contributed by atoms with Gasteiger partial charge >= 0.3 is 0 Å². The molecule has 16 heavy (non-hydrogen) atoms. The van der Waals surface area contributed by atoms with Crippen LogP contribution in [-0.2, 0) is 13.0 Å². The Labute approximate surface area is 99.9 Å². The number of aromatic nitrogens is 1. The maximum atomic E-state index is 5.80. The molecular weight excluding hydrogens is 218 g/mol. The van der Waals surface area contributed by atoms with Gasteiger partial charge in [0.1, 0.15) is 12.4 Å². The Morgan fingerprint density at radius 1 is 1.31 bits per heavy atom. The Balaban J connectivity index is 2.04. The molecule has 0 atom stereocenters. The van der Waals surface area contributed by atoms with E-state index in [1.165, 1.54) is 10.4 Å². The van der Waals surface area contributed by atoms with E-state index in [-0.39, 0.29) is 0 Å². The minimum atomic E-state index is 0.614. The van der Waals surface area contributed by atoms with Crippen LogP contribution in [0.25, 0.3) is 0 Å². The van der Waals surface area contributed by atoms with Gasteiger partial charge in [-0.15, -0.1) is 11.3 Å². The number of nitrogens with zero attached hydrogens (tertiary/aromatic N) is 1. The summed E-state index contributed by atoms with van der Waals surface area (Å²) in [6.07, 6.45) is 2.88. The molecule has 2 aromatic rings. The summed E-state index contributed by atoms with van der Waals surface area (Å²) in [5.74, 6) is 0.982. The lowest BCUT2D eigenvalue weighted by Crippen LogP contribution is -1.96. The molecule has 0 unspecified atom stereocenters. The maximum Gasteiger partial charge on any atom is 0.124 e. The van der Waals surface area contributed by atoms with E-state index in [1.807, 2.05) is 31.3 Å². The highest BCUT2D eigenvalue weighted by molar-refractivity contribution is 7.11. The maximum absolute atomic E-state index is 5.80. The molecule has 0 fully saturated rings. The summed E-state index contributed by atoms with van der Waals surface area (Å²) in [5, 5.41) is 1.09. The van der Waals surface area contributed by atoms with Crippen LogP contribution in [0, 0.1) is 6.92 Å². The number of thiazole rings is 1. The number of benzene rings is 1. The van der Waals surface area contributed by atoms with Crippen molar-refractivity contribution in [2.24, 2.45) is 0 Å². The summed E-state index contributed by atoms with van der Waals surface area (Å²) in [7, 11) is 0. The summed E-state index contributed by atoms with van der Waals surface area (Å²) in [6, 6.07) is 8.18. The molecule has 0 N–H and O–H groups in total. The van der Waals surface area contributed by atoms with Crippen LogP contribution in [0.2, 0.25) is 0 Å². The van der Waals surface area contributed by atoms with Crippen molar-refractivity contribution in [3.05, 3.63) is 45.9 Å². The molecule has 0 saturated carbocycles. The van der Waals surface area contributed by atoms with E-state index in [4.69, 9.17) is 4.74 Å². The van der Waals surface area contributed by atoms with Crippen molar-refractivity contribution in [3.8, 4) is 5.75 Å². The van der Waals surface area contributed by atoms with Gasteiger partial charge in [-0.2, -0.15) is 0 Å². The lowest BCUT2D eigenvalue weighted by Gasteiger charge is -2.08. The lowest BCUT2D eigenvalue weighted by molar-refractivity contribution is 0.306. The summed E-state index contributed by atoms with van der Waals surface area (Å²) in [6.45, 7) is 4.76. The highest BCUT2D eigenvalue weighted by Crippen LogP contribution is 2.21. The quantitative estimate of drug-likeness (QED) is 0.805. The average Bonchev–Trinajstić information content (AvgIpc) is 2.73. The van der Waals surface area contributed by atoms with Crippen LogP contribution in [0.15, 0.2) is 30.5 Å². The molecule has 84 valence electrons. The summed E-state index contributed by atoms with van der Waals surface area (Å²) in [4.78, 5) is 5.38. The molecular formula is C13H15NOS. The molecule has 1 aromatic carbocycles. The lowest BCUT2D eigenvalue weighted by atomic mass is 10.1. The number of ether oxygens (including phenoxy) is 1. The van der Waals surface area contributed by atoms with Gasteiger partial charge in [0.05, 0.1) is 9.88 Å². The monoisotopic (exact) mass is 233 g/mol. The Morgan fingerprint density at radius 3 is 2.81 bits per heavy atom. The Morgan fingerprint density at radius 2 is 2.12 bits per heavy atom. The van der Waals surface area contributed by atoms with E-state index in [2.05, 4.69) is 18.0 Å². The van der Waals surface area contributed by atoms with E-state index in [0.29, 0.717) is 6.61 Å². The summed E-state index contributed by atoms with van der Waals surface area (Å²) < 4.78 is 5.80. The second-order valence-electron chi connectivity index (χ2n) is 3.60. The van der Waals surface area contributed by atoms with Crippen molar-refractivity contribution in [2.75, 3.05) is 0 Å². The zero-order chi connectivity index (χ0) is 11.4. The number of hydrogen-bond acceptors (Lipinski definition) is 3. The molecule has 3 heteroatoms. The second kappa shape index (κ2) is 5.12. The van der Waals surface area contributed by atoms with E-state index in [9.17, 15) is 0 Å². The fourth-order valence-electron chi connectivity index (χ4n) is 1.56. The molecule has 0 aliphatic carbocycles. The van der Waals surface area contributed by atoms with Crippen LogP contribution in [0.1, 0.15) is 22.4 Å². The largest absolute Gasteiger partial charge is 0.488 e. The highest BCUT2D eigenvalue weighted by atomic mass is 32.1. The number of rotatable bonds is 4. The zero-order valence-corrected chi connectivity index (χ0v) is 10.4. The van der Waals surface area contributed by atoms with Crippen LogP contribution in [0.4, 0.5) is 0 Å². The third-order valence-corrected chi connectivity index (χ3v) is 3.28. The Kier molecular flexibility index (Phi) is 3.57. The van der Waals surface area contributed by atoms with Crippen molar-refractivity contribution in [1.82, 2.24) is 4.98 Å². The minimum absolute atomic E-state index is 0.614. The number of hydrogen-bond donors (Lipinski definition) is 0. The van der Waals surface area contributed by atoms with E-state index in [1.54, 1.807) is 11.3 Å². The normalized spacial score (nSPS) is 10.4. The van der Waals surface area contributed by atoms with Crippen LogP contribution < -0.4 is 4.74 Å². The minimum Gasteiger partial charge on any atom is -0.488 e. The topological polar surface area (TPSA) is 22.1 Å². The fourth-order valence-corrected chi connectivity index (χ4v) is 2.27. The fraction of sp³-hybridized carbons (Fsp3) is 0.308. The van der Waals surface area contributed by atoms with Gasteiger partial charge in [-0.05, 0) is 25.0 Å². The smallest absolute Gasteiger partial charge is 0.124 e. The first-order valence-electron chi connectivity index (χ1n) is 5.41. The Bertz CT molecular complexity index is 464. The molecule has 0 bridgehead atoms. The predicted octanol–water partition coefficient (Wildman–Crippen LogP) is 3.59. The predicted molar refractivity (Wildman–Crippen MR) is 67.0 cm³/mol. The zero-order valence-electron chi connectivity index (χ0n) is 9.56. The van der Waals surface area contributed by atoms with Gasteiger partial charge < -0.3 is 4.74 Å². The molecule has 0 radical (unpaired) electrons. The van der Waals surface area contributed by atoms with Gasteiger partial charge in [0.25, 0.3) is 0 Å². The van der Waals surface area contributed by atoms with Gasteiger partial charge in [-0.1, -0.05) is 25.1 Å². The van der Waals surface area contributed by atoms with Crippen LogP contribution >= 0.6 is 11.3 Å². The first-order valence-corrected chi connectivity index (χ1v) is 6.23. The Hall–Kier alpha value is -1.35. The number of aryl methyl sites for hydroxylation is 2. The van der Waals surface area contributed by atoms with Crippen molar-refractivity contribution in [3.63, 3.8) is 0 Å². The molecule has 2 rings (SSSR count). The van der Waals surface area contributed by atoms with Gasteiger partial charge in [0, 0.05) is 6.20 Å². The van der Waals surface area contributed by atoms with Crippen LogP contribution in [0.3, 0.4) is 0 Å². The van der Waals surface area contributed by atoms with E-state index >= 15 is 0 Å². The van der Waals surface area contributed by atoms with Crippen molar-refractivity contribution in [2.45, 2.75) is 26.9 Å². The summed E-state index contributed by atoms with van der Waals surface area (Å²) >= 11 is 1.68. The molecule has 1 heterocycles. The molecule has 0 aliphatic rings. The van der Waals surface area contributed by atoms with Crippen molar-refractivity contribution >= 4 is 11.3 Å². The van der Waals surface area contributed by atoms with Gasteiger partial charge in [0.2, 0.25) is 0 Å². The third kappa shape index (κ3) is 2.61. The standard InChI is InChI=1S/C13H15NOS/c1-3-11-6-4-5-7-13(11)15-9-12-8-14-10(2)16-12/h4-8H,3,9H2,1-2H3. The van der Waals surface area contributed by atoms with Crippen molar-refractivity contribution < 1.29 is 4.74 Å². The average molecular weight is 233 g/mol. The molecule has 0 amide bonds. The first kappa shape index (κ1) is 11.1. The molecule has 1 aromatic heterocycles. The van der Waals surface area contributed by atoms with E-state index in [0.717, 1.165) is 17.2 Å².